The number of carbonyl (C=O) groups excluding carboxylic acids is 1. The number of esters is 1. The van der Waals surface area contributed by atoms with Gasteiger partial charge in [-0.05, 0) is 38.0 Å². The van der Waals surface area contributed by atoms with E-state index in [9.17, 15) is 4.79 Å². The number of anilines is 2. The second-order valence-corrected chi connectivity index (χ2v) is 5.03. The highest BCUT2D eigenvalue weighted by Gasteiger charge is 2.15. The maximum atomic E-state index is 11.6. The molecule has 112 valence electrons. The number of hydrogen-bond donors (Lipinski definition) is 2. The van der Waals surface area contributed by atoms with Gasteiger partial charge in [-0.25, -0.2) is 4.79 Å². The fourth-order valence-electron chi connectivity index (χ4n) is 2.39. The number of nitrogens with two attached hydrogens (primary N) is 1. The normalized spacial score (nSPS) is 12.2. The lowest BCUT2D eigenvalue weighted by Crippen LogP contribution is -2.25. The van der Waals surface area contributed by atoms with Crippen LogP contribution in [0.3, 0.4) is 0 Å². The van der Waals surface area contributed by atoms with Crippen molar-refractivity contribution in [3.63, 3.8) is 0 Å². The SMILES string of the molecule is CCOC(=O)c1ccc(NC(C)C(CC)CC)c(N)c1. The van der Waals surface area contributed by atoms with Crippen LogP contribution in [-0.4, -0.2) is 18.6 Å². The smallest absolute Gasteiger partial charge is 0.338 e. The average Bonchev–Trinajstić information content (AvgIpc) is 2.42. The molecule has 1 rings (SSSR count). The summed E-state index contributed by atoms with van der Waals surface area (Å²) in [6.45, 7) is 8.70. The van der Waals surface area contributed by atoms with Crippen LogP contribution in [0.1, 0.15) is 50.9 Å². The molecule has 1 aromatic rings. The Labute approximate surface area is 121 Å². The molecule has 0 aliphatic carbocycles. The average molecular weight is 278 g/mol. The third-order valence-corrected chi connectivity index (χ3v) is 3.70. The van der Waals surface area contributed by atoms with Crippen molar-refractivity contribution in [1.82, 2.24) is 0 Å². The lowest BCUT2D eigenvalue weighted by Gasteiger charge is -2.24. The molecular formula is C16H26N2O2. The Bertz CT molecular complexity index is 442. The second-order valence-electron chi connectivity index (χ2n) is 5.03. The van der Waals surface area contributed by atoms with Crippen LogP contribution in [0.4, 0.5) is 11.4 Å². The van der Waals surface area contributed by atoms with E-state index in [2.05, 4.69) is 26.1 Å². The number of ether oxygens (including phenoxy) is 1. The summed E-state index contributed by atoms with van der Waals surface area (Å²) in [6.07, 6.45) is 2.26. The van der Waals surface area contributed by atoms with Crippen molar-refractivity contribution < 1.29 is 9.53 Å². The van der Waals surface area contributed by atoms with E-state index in [4.69, 9.17) is 10.5 Å². The second kappa shape index (κ2) is 7.78. The van der Waals surface area contributed by atoms with Gasteiger partial charge in [0.15, 0.2) is 0 Å². The first kappa shape index (κ1) is 16.3. The van der Waals surface area contributed by atoms with E-state index in [0.717, 1.165) is 18.5 Å². The largest absolute Gasteiger partial charge is 0.462 e. The van der Waals surface area contributed by atoms with Crippen molar-refractivity contribution in [2.75, 3.05) is 17.7 Å². The Morgan fingerprint density at radius 2 is 1.95 bits per heavy atom. The Morgan fingerprint density at radius 3 is 2.45 bits per heavy atom. The zero-order valence-electron chi connectivity index (χ0n) is 12.9. The topological polar surface area (TPSA) is 64.3 Å². The molecule has 0 aromatic heterocycles. The summed E-state index contributed by atoms with van der Waals surface area (Å²) in [7, 11) is 0. The van der Waals surface area contributed by atoms with Gasteiger partial charge in [0.2, 0.25) is 0 Å². The highest BCUT2D eigenvalue weighted by atomic mass is 16.5. The zero-order chi connectivity index (χ0) is 15.1. The van der Waals surface area contributed by atoms with E-state index in [1.807, 2.05) is 6.07 Å². The summed E-state index contributed by atoms with van der Waals surface area (Å²) in [6, 6.07) is 5.61. The van der Waals surface area contributed by atoms with Gasteiger partial charge in [0.05, 0.1) is 23.5 Å². The van der Waals surface area contributed by atoms with Crippen LogP contribution < -0.4 is 11.1 Å². The minimum atomic E-state index is -0.334. The molecule has 1 atom stereocenters. The summed E-state index contributed by atoms with van der Waals surface area (Å²) < 4.78 is 4.96. The Morgan fingerprint density at radius 1 is 1.30 bits per heavy atom. The number of nitrogen functional groups attached to an aromatic ring is 1. The Balaban J connectivity index is 2.80. The first-order chi connectivity index (χ1) is 9.53. The van der Waals surface area contributed by atoms with Crippen LogP contribution >= 0.6 is 0 Å². The molecule has 0 aliphatic rings. The first-order valence-electron chi connectivity index (χ1n) is 7.36. The molecular weight excluding hydrogens is 252 g/mol. The van der Waals surface area contributed by atoms with Gasteiger partial charge < -0.3 is 15.8 Å². The highest BCUT2D eigenvalue weighted by molar-refractivity contribution is 5.91. The molecule has 0 saturated carbocycles. The third kappa shape index (κ3) is 4.15. The molecule has 0 spiro atoms. The monoisotopic (exact) mass is 278 g/mol. The standard InChI is InChI=1S/C16H26N2O2/c1-5-12(6-2)11(4)18-15-9-8-13(10-14(15)17)16(19)20-7-3/h8-12,18H,5-7,17H2,1-4H3. The van der Waals surface area contributed by atoms with Crippen molar-refractivity contribution in [3.05, 3.63) is 23.8 Å². The molecule has 3 N–H and O–H groups in total. The van der Waals surface area contributed by atoms with Gasteiger partial charge in [-0.2, -0.15) is 0 Å². The van der Waals surface area contributed by atoms with E-state index in [1.165, 1.54) is 0 Å². The summed E-state index contributed by atoms with van der Waals surface area (Å²) in [5.74, 6) is 0.276. The highest BCUT2D eigenvalue weighted by Crippen LogP contribution is 2.24. The molecule has 4 heteroatoms. The summed E-state index contributed by atoms with van der Waals surface area (Å²) in [5, 5.41) is 3.43. The Hall–Kier alpha value is -1.71. The van der Waals surface area contributed by atoms with Crippen molar-refractivity contribution in [1.29, 1.82) is 0 Å². The van der Waals surface area contributed by atoms with Crippen molar-refractivity contribution in [3.8, 4) is 0 Å². The zero-order valence-corrected chi connectivity index (χ0v) is 12.9. The summed E-state index contributed by atoms with van der Waals surface area (Å²) in [4.78, 5) is 11.6. The predicted octanol–water partition coefficient (Wildman–Crippen LogP) is 3.68. The van der Waals surface area contributed by atoms with E-state index in [0.29, 0.717) is 29.8 Å². The van der Waals surface area contributed by atoms with Gasteiger partial charge >= 0.3 is 5.97 Å². The fourth-order valence-corrected chi connectivity index (χ4v) is 2.39. The lowest BCUT2D eigenvalue weighted by molar-refractivity contribution is 0.0526. The predicted molar refractivity (Wildman–Crippen MR) is 84.0 cm³/mol. The van der Waals surface area contributed by atoms with Gasteiger partial charge in [0, 0.05) is 6.04 Å². The van der Waals surface area contributed by atoms with Gasteiger partial charge in [-0.15, -0.1) is 0 Å². The lowest BCUT2D eigenvalue weighted by atomic mass is 9.95. The molecule has 0 heterocycles. The van der Waals surface area contributed by atoms with Crippen LogP contribution in [0, 0.1) is 5.92 Å². The van der Waals surface area contributed by atoms with Crippen LogP contribution in [0.15, 0.2) is 18.2 Å². The van der Waals surface area contributed by atoms with Crippen LogP contribution in [0.25, 0.3) is 0 Å². The molecule has 0 bridgehead atoms. The van der Waals surface area contributed by atoms with Gasteiger partial charge in [-0.1, -0.05) is 26.7 Å². The molecule has 0 amide bonds. The number of carbonyl (C=O) groups is 1. The van der Waals surface area contributed by atoms with Crippen LogP contribution in [0.5, 0.6) is 0 Å². The van der Waals surface area contributed by atoms with Gasteiger partial charge in [0.25, 0.3) is 0 Å². The van der Waals surface area contributed by atoms with Gasteiger partial charge in [0.1, 0.15) is 0 Å². The quantitative estimate of drug-likeness (QED) is 0.590. The Kier molecular flexibility index (Phi) is 6.36. The molecule has 4 nitrogen and oxygen atoms in total. The maximum absolute atomic E-state index is 11.6. The van der Waals surface area contributed by atoms with E-state index >= 15 is 0 Å². The number of benzene rings is 1. The van der Waals surface area contributed by atoms with Gasteiger partial charge in [-0.3, -0.25) is 0 Å². The van der Waals surface area contributed by atoms with Crippen molar-refractivity contribution >= 4 is 17.3 Å². The third-order valence-electron chi connectivity index (χ3n) is 3.70. The number of hydrogen-bond acceptors (Lipinski definition) is 4. The van der Waals surface area contributed by atoms with Crippen LogP contribution in [-0.2, 0) is 4.74 Å². The molecule has 20 heavy (non-hydrogen) atoms. The van der Waals surface area contributed by atoms with Crippen LogP contribution in [0.2, 0.25) is 0 Å². The van der Waals surface area contributed by atoms with E-state index in [1.54, 1.807) is 19.1 Å². The summed E-state index contributed by atoms with van der Waals surface area (Å²) in [5.41, 5.74) is 7.96. The molecule has 0 fully saturated rings. The number of nitrogens with one attached hydrogen (secondary N) is 1. The van der Waals surface area contributed by atoms with E-state index in [-0.39, 0.29) is 5.97 Å². The molecule has 0 radical (unpaired) electrons. The van der Waals surface area contributed by atoms with Crippen molar-refractivity contribution in [2.45, 2.75) is 46.6 Å². The van der Waals surface area contributed by atoms with Crippen molar-refractivity contribution in [2.24, 2.45) is 5.92 Å². The summed E-state index contributed by atoms with van der Waals surface area (Å²) >= 11 is 0. The van der Waals surface area contributed by atoms with E-state index < -0.39 is 0 Å². The molecule has 1 aromatic carbocycles. The molecule has 1 unspecified atom stereocenters. The molecule has 0 aliphatic heterocycles. The minimum absolute atomic E-state index is 0.334. The first-order valence-corrected chi connectivity index (χ1v) is 7.36. The maximum Gasteiger partial charge on any atom is 0.338 e. The molecule has 0 saturated heterocycles. The fraction of sp³-hybridized carbons (Fsp3) is 0.562. The minimum Gasteiger partial charge on any atom is -0.462 e. The number of rotatable bonds is 7.